The highest BCUT2D eigenvalue weighted by molar-refractivity contribution is 6.30. The van der Waals surface area contributed by atoms with Gasteiger partial charge in [0.2, 0.25) is 5.91 Å². The van der Waals surface area contributed by atoms with Crippen molar-refractivity contribution >= 4 is 23.2 Å². The molecule has 1 aliphatic heterocycles. The highest BCUT2D eigenvalue weighted by Gasteiger charge is 2.22. The van der Waals surface area contributed by atoms with Gasteiger partial charge in [-0.25, -0.2) is 4.39 Å². The Hall–Kier alpha value is -1.95. The fourth-order valence-electron chi connectivity index (χ4n) is 2.83. The van der Waals surface area contributed by atoms with E-state index in [1.807, 2.05) is 24.3 Å². The molecule has 2 aromatic rings. The fourth-order valence-corrected chi connectivity index (χ4v) is 2.96. The molecule has 3 rings (SSSR count). The molecule has 6 heteroatoms. The van der Waals surface area contributed by atoms with E-state index in [2.05, 4.69) is 10.2 Å². The molecule has 1 unspecified atom stereocenters. The molecular weight excluding hydrogens is 343 g/mol. The number of rotatable bonds is 5. The number of ether oxygens (including phenoxy) is 1. The molecule has 0 bridgehead atoms. The Bertz CT molecular complexity index is 724. The summed E-state index contributed by atoms with van der Waals surface area (Å²) in [6, 6.07) is 13.5. The zero-order chi connectivity index (χ0) is 17.6. The van der Waals surface area contributed by atoms with E-state index < -0.39 is 0 Å². The van der Waals surface area contributed by atoms with Crippen LogP contribution >= 0.6 is 11.6 Å². The van der Waals surface area contributed by atoms with Crippen molar-refractivity contribution in [2.24, 2.45) is 0 Å². The smallest absolute Gasteiger partial charge is 0.225 e. The first-order chi connectivity index (χ1) is 12.1. The minimum Gasteiger partial charge on any atom is -0.371 e. The molecular formula is C19H20ClFN2O2. The number of anilines is 1. The molecule has 132 valence electrons. The molecule has 1 aliphatic rings. The SMILES string of the molecule is O=C(CCN1CCOC(c2ccc(Cl)cc2)C1)Nc1cccc(F)c1. The van der Waals surface area contributed by atoms with E-state index >= 15 is 0 Å². The van der Waals surface area contributed by atoms with Gasteiger partial charge in [-0.15, -0.1) is 0 Å². The summed E-state index contributed by atoms with van der Waals surface area (Å²) in [6.45, 7) is 2.78. The van der Waals surface area contributed by atoms with Gasteiger partial charge < -0.3 is 10.1 Å². The summed E-state index contributed by atoms with van der Waals surface area (Å²) in [5.41, 5.74) is 1.56. The van der Waals surface area contributed by atoms with Gasteiger partial charge in [-0.3, -0.25) is 9.69 Å². The summed E-state index contributed by atoms with van der Waals surface area (Å²) < 4.78 is 19.0. The van der Waals surface area contributed by atoms with Crippen molar-refractivity contribution in [1.29, 1.82) is 0 Å². The maximum absolute atomic E-state index is 13.1. The maximum atomic E-state index is 13.1. The summed E-state index contributed by atoms with van der Waals surface area (Å²) in [4.78, 5) is 14.3. The Labute approximate surface area is 151 Å². The van der Waals surface area contributed by atoms with E-state index in [0.717, 1.165) is 18.7 Å². The third kappa shape index (κ3) is 5.26. The number of halogens is 2. The number of nitrogens with zero attached hydrogens (tertiary/aromatic N) is 1. The van der Waals surface area contributed by atoms with Gasteiger partial charge in [-0.2, -0.15) is 0 Å². The Morgan fingerprint density at radius 2 is 2.08 bits per heavy atom. The Kier molecular flexibility index (Phi) is 6.02. The molecule has 0 aliphatic carbocycles. The van der Waals surface area contributed by atoms with E-state index in [9.17, 15) is 9.18 Å². The van der Waals surface area contributed by atoms with Crippen LogP contribution < -0.4 is 5.32 Å². The second-order valence-corrected chi connectivity index (χ2v) is 6.46. The van der Waals surface area contributed by atoms with Crippen molar-refractivity contribution in [2.75, 3.05) is 31.6 Å². The molecule has 1 amide bonds. The third-order valence-corrected chi connectivity index (χ3v) is 4.41. The van der Waals surface area contributed by atoms with Crippen LogP contribution in [0.3, 0.4) is 0 Å². The minimum atomic E-state index is -0.364. The van der Waals surface area contributed by atoms with Crippen molar-refractivity contribution in [1.82, 2.24) is 4.90 Å². The number of amides is 1. The first kappa shape index (κ1) is 17.9. The van der Waals surface area contributed by atoms with E-state index in [1.54, 1.807) is 12.1 Å². The molecule has 1 N–H and O–H groups in total. The molecule has 25 heavy (non-hydrogen) atoms. The van der Waals surface area contributed by atoms with Gasteiger partial charge in [-0.05, 0) is 35.9 Å². The van der Waals surface area contributed by atoms with Crippen LogP contribution in [-0.2, 0) is 9.53 Å². The van der Waals surface area contributed by atoms with Crippen LogP contribution in [0.1, 0.15) is 18.1 Å². The first-order valence-corrected chi connectivity index (χ1v) is 8.63. The molecule has 4 nitrogen and oxygen atoms in total. The minimum absolute atomic E-state index is 0.0164. The summed E-state index contributed by atoms with van der Waals surface area (Å²) >= 11 is 5.92. The van der Waals surface area contributed by atoms with Crippen molar-refractivity contribution in [2.45, 2.75) is 12.5 Å². The number of hydrogen-bond donors (Lipinski definition) is 1. The van der Waals surface area contributed by atoms with Crippen LogP contribution in [0.15, 0.2) is 48.5 Å². The highest BCUT2D eigenvalue weighted by Crippen LogP contribution is 2.23. The van der Waals surface area contributed by atoms with Gasteiger partial charge in [0.15, 0.2) is 0 Å². The normalized spacial score (nSPS) is 18.1. The lowest BCUT2D eigenvalue weighted by Crippen LogP contribution is -2.39. The Morgan fingerprint density at radius 3 is 2.84 bits per heavy atom. The molecule has 1 fully saturated rings. The summed E-state index contributed by atoms with van der Waals surface area (Å²) in [6.07, 6.45) is 0.335. The molecule has 1 atom stereocenters. The largest absolute Gasteiger partial charge is 0.371 e. The van der Waals surface area contributed by atoms with E-state index in [0.29, 0.717) is 30.3 Å². The second-order valence-electron chi connectivity index (χ2n) is 6.02. The average Bonchev–Trinajstić information content (AvgIpc) is 2.61. The van der Waals surface area contributed by atoms with E-state index in [1.165, 1.54) is 12.1 Å². The second kappa shape index (κ2) is 8.43. The van der Waals surface area contributed by atoms with Gasteiger partial charge >= 0.3 is 0 Å². The topological polar surface area (TPSA) is 41.6 Å². The van der Waals surface area contributed by atoms with Crippen molar-refractivity contribution < 1.29 is 13.9 Å². The number of hydrogen-bond acceptors (Lipinski definition) is 3. The van der Waals surface area contributed by atoms with Gasteiger partial charge in [-0.1, -0.05) is 29.8 Å². The van der Waals surface area contributed by atoms with Crippen LogP contribution in [0.5, 0.6) is 0 Å². The molecule has 0 aromatic heterocycles. The number of carbonyl (C=O) groups is 1. The van der Waals surface area contributed by atoms with Crippen LogP contribution in [-0.4, -0.2) is 37.0 Å². The molecule has 1 heterocycles. The lowest BCUT2D eigenvalue weighted by molar-refractivity contribution is -0.117. The van der Waals surface area contributed by atoms with Gasteiger partial charge in [0.25, 0.3) is 0 Å². The van der Waals surface area contributed by atoms with Crippen LogP contribution in [0.2, 0.25) is 5.02 Å². The monoisotopic (exact) mass is 362 g/mol. The van der Waals surface area contributed by atoms with E-state index in [-0.39, 0.29) is 17.8 Å². The van der Waals surface area contributed by atoms with Crippen molar-refractivity contribution in [3.63, 3.8) is 0 Å². The fraction of sp³-hybridized carbons (Fsp3) is 0.316. The highest BCUT2D eigenvalue weighted by atomic mass is 35.5. The van der Waals surface area contributed by atoms with Crippen LogP contribution in [0.4, 0.5) is 10.1 Å². The van der Waals surface area contributed by atoms with Crippen molar-refractivity contribution in [3.8, 4) is 0 Å². The zero-order valence-corrected chi connectivity index (χ0v) is 14.5. The Balaban J connectivity index is 1.49. The first-order valence-electron chi connectivity index (χ1n) is 8.25. The third-order valence-electron chi connectivity index (χ3n) is 4.16. The lowest BCUT2D eigenvalue weighted by Gasteiger charge is -2.33. The van der Waals surface area contributed by atoms with E-state index in [4.69, 9.17) is 16.3 Å². The number of benzene rings is 2. The number of morpholine rings is 1. The predicted octanol–water partition coefficient (Wildman–Crippen LogP) is 3.88. The summed E-state index contributed by atoms with van der Waals surface area (Å²) in [5.74, 6) is -0.489. The molecule has 0 radical (unpaired) electrons. The predicted molar refractivity (Wildman–Crippen MR) is 96.2 cm³/mol. The Morgan fingerprint density at radius 1 is 1.28 bits per heavy atom. The maximum Gasteiger partial charge on any atom is 0.225 e. The van der Waals surface area contributed by atoms with Gasteiger partial charge in [0, 0.05) is 36.8 Å². The van der Waals surface area contributed by atoms with Gasteiger partial charge in [0.1, 0.15) is 5.82 Å². The quantitative estimate of drug-likeness (QED) is 0.877. The molecule has 1 saturated heterocycles. The average molecular weight is 363 g/mol. The summed E-state index contributed by atoms with van der Waals surface area (Å²) in [5, 5.41) is 3.42. The number of nitrogens with one attached hydrogen (secondary N) is 1. The number of carbonyl (C=O) groups excluding carboxylic acids is 1. The molecule has 0 spiro atoms. The van der Waals surface area contributed by atoms with Crippen LogP contribution in [0, 0.1) is 5.82 Å². The standard InChI is InChI=1S/C19H20ClFN2O2/c20-15-6-4-14(5-7-15)18-13-23(10-11-25-18)9-8-19(24)22-17-3-1-2-16(21)12-17/h1-7,12,18H,8-11,13H2,(H,22,24). The summed E-state index contributed by atoms with van der Waals surface area (Å²) in [7, 11) is 0. The molecule has 0 saturated carbocycles. The zero-order valence-electron chi connectivity index (χ0n) is 13.8. The van der Waals surface area contributed by atoms with Crippen molar-refractivity contribution in [3.05, 3.63) is 64.9 Å². The van der Waals surface area contributed by atoms with Gasteiger partial charge in [0.05, 0.1) is 12.7 Å². The molecule has 2 aromatic carbocycles. The van der Waals surface area contributed by atoms with Crippen LogP contribution in [0.25, 0.3) is 0 Å². The lowest BCUT2D eigenvalue weighted by atomic mass is 10.1.